The van der Waals surface area contributed by atoms with Gasteiger partial charge in [0.05, 0.1) is 42.5 Å². The Morgan fingerprint density at radius 2 is 1.74 bits per heavy atom. The second-order valence-electron chi connectivity index (χ2n) is 9.01. The van der Waals surface area contributed by atoms with Gasteiger partial charge in [-0.2, -0.15) is 4.31 Å². The lowest BCUT2D eigenvalue weighted by atomic mass is 10.1. The SMILES string of the molecule is O=C(Cc1ccc2c(c1)CCO2)Nc1cc(S(=O)(=O)N2CCOCC2)ccc1N1CCCCC1. The molecule has 0 aromatic heterocycles. The van der Waals surface area contributed by atoms with Gasteiger partial charge >= 0.3 is 0 Å². The summed E-state index contributed by atoms with van der Waals surface area (Å²) in [6.07, 6.45) is 4.42. The van der Waals surface area contributed by atoms with Crippen LogP contribution < -0.4 is 15.0 Å². The predicted molar refractivity (Wildman–Crippen MR) is 130 cm³/mol. The second-order valence-corrected chi connectivity index (χ2v) is 10.9. The summed E-state index contributed by atoms with van der Waals surface area (Å²) >= 11 is 0. The van der Waals surface area contributed by atoms with Crippen molar-refractivity contribution in [2.75, 3.05) is 56.2 Å². The minimum atomic E-state index is -3.66. The van der Waals surface area contributed by atoms with Crippen molar-refractivity contribution in [1.82, 2.24) is 4.31 Å². The Bertz CT molecular complexity index is 1160. The van der Waals surface area contributed by atoms with E-state index in [1.54, 1.807) is 12.1 Å². The Morgan fingerprint density at radius 3 is 2.53 bits per heavy atom. The van der Waals surface area contributed by atoms with E-state index in [1.165, 1.54) is 10.7 Å². The maximum Gasteiger partial charge on any atom is 0.243 e. The molecule has 2 saturated heterocycles. The lowest BCUT2D eigenvalue weighted by molar-refractivity contribution is -0.115. The Morgan fingerprint density at radius 1 is 0.941 bits per heavy atom. The van der Waals surface area contributed by atoms with E-state index in [9.17, 15) is 13.2 Å². The molecule has 3 aliphatic rings. The van der Waals surface area contributed by atoms with E-state index < -0.39 is 10.0 Å². The quantitative estimate of drug-likeness (QED) is 0.677. The number of fused-ring (bicyclic) bond motifs is 1. The number of nitrogens with one attached hydrogen (secondary N) is 1. The number of benzene rings is 2. The first-order valence-electron chi connectivity index (χ1n) is 12.0. The monoisotopic (exact) mass is 485 g/mol. The first-order valence-corrected chi connectivity index (χ1v) is 13.5. The molecule has 3 aliphatic heterocycles. The highest BCUT2D eigenvalue weighted by Crippen LogP contribution is 2.33. The molecule has 5 rings (SSSR count). The van der Waals surface area contributed by atoms with E-state index in [0.717, 1.165) is 54.9 Å². The molecule has 2 aromatic carbocycles. The fourth-order valence-corrected chi connectivity index (χ4v) is 6.29. The molecule has 8 nitrogen and oxygen atoms in total. The number of hydrogen-bond acceptors (Lipinski definition) is 6. The van der Waals surface area contributed by atoms with Gasteiger partial charge in [0.15, 0.2) is 0 Å². The van der Waals surface area contributed by atoms with Crippen molar-refractivity contribution in [3.05, 3.63) is 47.5 Å². The molecule has 1 amide bonds. The van der Waals surface area contributed by atoms with E-state index in [2.05, 4.69) is 10.2 Å². The van der Waals surface area contributed by atoms with Crippen molar-refractivity contribution in [3.8, 4) is 5.75 Å². The minimum Gasteiger partial charge on any atom is -0.493 e. The summed E-state index contributed by atoms with van der Waals surface area (Å²) in [5, 5.41) is 3.02. The highest BCUT2D eigenvalue weighted by molar-refractivity contribution is 7.89. The molecule has 2 aromatic rings. The van der Waals surface area contributed by atoms with Gasteiger partial charge < -0.3 is 19.7 Å². The number of anilines is 2. The number of carbonyl (C=O) groups is 1. The molecule has 182 valence electrons. The molecule has 2 fully saturated rings. The summed E-state index contributed by atoms with van der Waals surface area (Å²) in [5.41, 5.74) is 3.46. The van der Waals surface area contributed by atoms with Gasteiger partial charge in [-0.1, -0.05) is 12.1 Å². The summed E-state index contributed by atoms with van der Waals surface area (Å²) in [7, 11) is -3.66. The van der Waals surface area contributed by atoms with Gasteiger partial charge in [0.1, 0.15) is 5.75 Å². The van der Waals surface area contributed by atoms with Gasteiger partial charge in [0.2, 0.25) is 15.9 Å². The van der Waals surface area contributed by atoms with Crippen molar-refractivity contribution in [2.45, 2.75) is 37.0 Å². The van der Waals surface area contributed by atoms with E-state index in [4.69, 9.17) is 9.47 Å². The average molecular weight is 486 g/mol. The summed E-state index contributed by atoms with van der Waals surface area (Å²) in [5.74, 6) is 0.718. The van der Waals surface area contributed by atoms with E-state index in [1.807, 2.05) is 24.3 Å². The van der Waals surface area contributed by atoms with Gasteiger partial charge in [0, 0.05) is 32.6 Å². The zero-order valence-corrected chi connectivity index (χ0v) is 20.1. The number of piperidine rings is 1. The molecule has 1 N–H and O–H groups in total. The number of hydrogen-bond donors (Lipinski definition) is 1. The highest BCUT2D eigenvalue weighted by Gasteiger charge is 2.28. The van der Waals surface area contributed by atoms with Gasteiger partial charge in [-0.15, -0.1) is 0 Å². The largest absolute Gasteiger partial charge is 0.493 e. The number of ether oxygens (including phenoxy) is 2. The molecular formula is C25H31N3O5S. The van der Waals surface area contributed by atoms with E-state index in [-0.39, 0.29) is 17.2 Å². The second kappa shape index (κ2) is 9.93. The minimum absolute atomic E-state index is 0.168. The van der Waals surface area contributed by atoms with Crippen LogP contribution in [-0.2, 0) is 32.4 Å². The Balaban J connectivity index is 1.40. The summed E-state index contributed by atoms with van der Waals surface area (Å²) in [6, 6.07) is 11.0. The summed E-state index contributed by atoms with van der Waals surface area (Å²) < 4.78 is 38.8. The first kappa shape index (κ1) is 23.1. The van der Waals surface area contributed by atoms with Crippen LogP contribution >= 0.6 is 0 Å². The first-order chi connectivity index (χ1) is 16.5. The van der Waals surface area contributed by atoms with Gasteiger partial charge in [-0.05, 0) is 54.7 Å². The molecule has 0 bridgehead atoms. The summed E-state index contributed by atoms with van der Waals surface area (Å²) in [4.78, 5) is 15.5. The van der Waals surface area contributed by atoms with Crippen LogP contribution in [0.1, 0.15) is 30.4 Å². The van der Waals surface area contributed by atoms with Crippen LogP contribution in [0.2, 0.25) is 0 Å². The topological polar surface area (TPSA) is 88.2 Å². The standard InChI is InChI=1S/C25H31N3O5S/c29-25(17-19-4-7-24-20(16-19)8-13-33-24)26-22-18-21(34(30,31)28-11-14-32-15-12-28)5-6-23(22)27-9-2-1-3-10-27/h4-7,16,18H,1-3,8-15,17H2,(H,26,29). The molecule has 0 saturated carbocycles. The van der Waals surface area contributed by atoms with Gasteiger partial charge in [-0.25, -0.2) is 8.42 Å². The van der Waals surface area contributed by atoms with Crippen LogP contribution in [-0.4, -0.2) is 64.6 Å². The molecule has 3 heterocycles. The Hall–Kier alpha value is -2.62. The average Bonchev–Trinajstić information content (AvgIpc) is 3.33. The van der Waals surface area contributed by atoms with E-state index in [0.29, 0.717) is 38.6 Å². The number of morpholine rings is 1. The molecular weight excluding hydrogens is 454 g/mol. The van der Waals surface area contributed by atoms with Crippen molar-refractivity contribution in [1.29, 1.82) is 0 Å². The fourth-order valence-electron chi connectivity index (χ4n) is 4.85. The van der Waals surface area contributed by atoms with Crippen molar-refractivity contribution < 1.29 is 22.7 Å². The maximum absolute atomic E-state index is 13.2. The number of carbonyl (C=O) groups excluding carboxylic acids is 1. The van der Waals surface area contributed by atoms with Crippen LogP contribution in [0.5, 0.6) is 5.75 Å². The predicted octanol–water partition coefficient (Wildman–Crippen LogP) is 2.81. The smallest absolute Gasteiger partial charge is 0.243 e. The lowest BCUT2D eigenvalue weighted by Gasteiger charge is -2.31. The molecule has 0 aliphatic carbocycles. The zero-order valence-electron chi connectivity index (χ0n) is 19.3. The van der Waals surface area contributed by atoms with Crippen LogP contribution in [0, 0.1) is 0 Å². The van der Waals surface area contributed by atoms with Crippen molar-refractivity contribution >= 4 is 27.3 Å². The molecule has 0 spiro atoms. The molecule has 9 heteroatoms. The van der Waals surface area contributed by atoms with Crippen LogP contribution in [0.4, 0.5) is 11.4 Å². The maximum atomic E-state index is 13.2. The highest BCUT2D eigenvalue weighted by atomic mass is 32.2. The third kappa shape index (κ3) is 4.92. The molecule has 0 radical (unpaired) electrons. The number of amides is 1. The third-order valence-electron chi connectivity index (χ3n) is 6.67. The Kier molecular flexibility index (Phi) is 6.76. The normalized spacial score (nSPS) is 18.9. The molecule has 34 heavy (non-hydrogen) atoms. The van der Waals surface area contributed by atoms with Crippen LogP contribution in [0.3, 0.4) is 0 Å². The number of sulfonamides is 1. The van der Waals surface area contributed by atoms with Crippen LogP contribution in [0.25, 0.3) is 0 Å². The van der Waals surface area contributed by atoms with Gasteiger partial charge in [0.25, 0.3) is 0 Å². The van der Waals surface area contributed by atoms with Crippen LogP contribution in [0.15, 0.2) is 41.3 Å². The van der Waals surface area contributed by atoms with Gasteiger partial charge in [-0.3, -0.25) is 4.79 Å². The lowest BCUT2D eigenvalue weighted by Crippen LogP contribution is -2.40. The molecule has 0 atom stereocenters. The molecule has 0 unspecified atom stereocenters. The van der Waals surface area contributed by atoms with Crippen molar-refractivity contribution in [2.24, 2.45) is 0 Å². The Labute approximate surface area is 200 Å². The van der Waals surface area contributed by atoms with E-state index >= 15 is 0 Å². The summed E-state index contributed by atoms with van der Waals surface area (Å²) in [6.45, 7) is 3.90. The van der Waals surface area contributed by atoms with Crippen molar-refractivity contribution in [3.63, 3.8) is 0 Å². The number of nitrogens with zero attached hydrogens (tertiary/aromatic N) is 2. The third-order valence-corrected chi connectivity index (χ3v) is 8.56. The fraction of sp³-hybridized carbons (Fsp3) is 0.480. The number of rotatable bonds is 6. The zero-order chi connectivity index (χ0) is 23.5.